The van der Waals surface area contributed by atoms with Gasteiger partial charge in [-0.2, -0.15) is 0 Å². The van der Waals surface area contributed by atoms with Gasteiger partial charge in [-0.1, -0.05) is 29.8 Å². The summed E-state index contributed by atoms with van der Waals surface area (Å²) in [4.78, 5) is 2.43. The van der Waals surface area contributed by atoms with E-state index in [4.69, 9.17) is 0 Å². The molecule has 1 heterocycles. The Morgan fingerprint density at radius 3 is 2.45 bits per heavy atom. The Hall–Kier alpha value is -0.910. The van der Waals surface area contributed by atoms with Crippen LogP contribution in [0.3, 0.4) is 0 Å². The van der Waals surface area contributed by atoms with Crippen molar-refractivity contribution in [2.75, 3.05) is 20.1 Å². The van der Waals surface area contributed by atoms with Crippen LogP contribution in [0.5, 0.6) is 0 Å². The van der Waals surface area contributed by atoms with Crippen molar-refractivity contribution in [3.8, 4) is 0 Å². The fraction of sp³-hybridized carbons (Fsp3) is 0.647. The molecule has 0 amide bonds. The van der Waals surface area contributed by atoms with Gasteiger partial charge in [0.15, 0.2) is 0 Å². The smallest absolute Gasteiger partial charge is 0.216 e. The van der Waals surface area contributed by atoms with Crippen molar-refractivity contribution in [3.63, 3.8) is 0 Å². The molecule has 3 rings (SSSR count). The van der Waals surface area contributed by atoms with Crippen molar-refractivity contribution < 1.29 is 8.42 Å². The van der Waals surface area contributed by atoms with E-state index < -0.39 is 10.0 Å². The normalized spacial score (nSPS) is 21.4. The number of aryl methyl sites for hydroxylation is 1. The Bertz CT molecular complexity index is 617. The summed E-state index contributed by atoms with van der Waals surface area (Å²) in [5, 5.41) is -0.0946. The van der Waals surface area contributed by atoms with E-state index in [2.05, 4.69) is 36.1 Å². The third-order valence-corrected chi connectivity index (χ3v) is 7.32. The predicted octanol–water partition coefficient (Wildman–Crippen LogP) is 2.38. The van der Waals surface area contributed by atoms with Crippen LogP contribution >= 0.6 is 0 Å². The highest BCUT2D eigenvalue weighted by Crippen LogP contribution is 2.32. The molecule has 0 bridgehead atoms. The molecule has 1 aromatic carbocycles. The van der Waals surface area contributed by atoms with Crippen LogP contribution in [0.4, 0.5) is 0 Å². The highest BCUT2D eigenvalue weighted by Gasteiger charge is 2.41. The summed E-state index contributed by atoms with van der Waals surface area (Å²) in [5.74, 6) is 0. The molecule has 4 nitrogen and oxygen atoms in total. The number of nitrogens with zero attached hydrogens (tertiary/aromatic N) is 2. The van der Waals surface area contributed by atoms with E-state index in [1.165, 1.54) is 11.1 Å². The zero-order chi connectivity index (χ0) is 15.7. The third kappa shape index (κ3) is 3.53. The zero-order valence-corrected chi connectivity index (χ0v) is 14.3. The first-order chi connectivity index (χ1) is 10.5. The number of hydrogen-bond acceptors (Lipinski definition) is 3. The molecule has 0 radical (unpaired) electrons. The van der Waals surface area contributed by atoms with Crippen LogP contribution < -0.4 is 0 Å². The summed E-state index contributed by atoms with van der Waals surface area (Å²) in [6.45, 7) is 5.03. The first-order valence-electron chi connectivity index (χ1n) is 8.21. The molecule has 2 fully saturated rings. The van der Waals surface area contributed by atoms with Crippen molar-refractivity contribution in [1.82, 2.24) is 9.21 Å². The van der Waals surface area contributed by atoms with E-state index in [1.54, 1.807) is 11.4 Å². The minimum Gasteiger partial charge on any atom is -0.299 e. The average Bonchev–Trinajstić information content (AvgIpc) is 3.32. The van der Waals surface area contributed by atoms with Gasteiger partial charge in [0.05, 0.1) is 5.25 Å². The van der Waals surface area contributed by atoms with Gasteiger partial charge in [-0.05, 0) is 38.2 Å². The number of rotatable bonds is 5. The molecule has 1 aromatic rings. The van der Waals surface area contributed by atoms with Crippen molar-refractivity contribution in [2.45, 2.75) is 50.4 Å². The maximum absolute atomic E-state index is 12.3. The molecule has 0 unspecified atom stereocenters. The van der Waals surface area contributed by atoms with Crippen LogP contribution in [0.2, 0.25) is 0 Å². The van der Waals surface area contributed by atoms with Gasteiger partial charge in [0.25, 0.3) is 0 Å². The molecule has 0 atom stereocenters. The first-order valence-corrected chi connectivity index (χ1v) is 9.72. The summed E-state index contributed by atoms with van der Waals surface area (Å²) < 4.78 is 26.3. The van der Waals surface area contributed by atoms with E-state index in [0.717, 1.165) is 45.3 Å². The van der Waals surface area contributed by atoms with Crippen molar-refractivity contribution in [2.24, 2.45) is 0 Å². The Morgan fingerprint density at radius 1 is 1.18 bits per heavy atom. The van der Waals surface area contributed by atoms with E-state index in [9.17, 15) is 8.42 Å². The minimum atomic E-state index is -3.03. The highest BCUT2D eigenvalue weighted by molar-refractivity contribution is 7.90. The van der Waals surface area contributed by atoms with Gasteiger partial charge in [-0.25, -0.2) is 12.7 Å². The molecular weight excluding hydrogens is 296 g/mol. The summed E-state index contributed by atoms with van der Waals surface area (Å²) >= 11 is 0. The van der Waals surface area contributed by atoms with E-state index >= 15 is 0 Å². The average molecular weight is 322 g/mol. The van der Waals surface area contributed by atoms with Crippen molar-refractivity contribution in [1.29, 1.82) is 0 Å². The molecule has 1 saturated heterocycles. The second-order valence-corrected chi connectivity index (χ2v) is 9.03. The second kappa shape index (κ2) is 6.30. The van der Waals surface area contributed by atoms with Crippen LogP contribution in [-0.2, 0) is 16.6 Å². The lowest BCUT2D eigenvalue weighted by Gasteiger charge is -2.36. The molecule has 2 aliphatic rings. The topological polar surface area (TPSA) is 40.6 Å². The molecule has 0 spiro atoms. The van der Waals surface area contributed by atoms with Crippen LogP contribution in [0, 0.1) is 6.92 Å². The number of piperidine rings is 1. The van der Waals surface area contributed by atoms with E-state index in [1.807, 2.05) is 0 Å². The van der Waals surface area contributed by atoms with Crippen molar-refractivity contribution >= 4 is 10.0 Å². The molecule has 0 aromatic heterocycles. The molecule has 5 heteroatoms. The Kier molecular flexibility index (Phi) is 4.57. The quantitative estimate of drug-likeness (QED) is 0.836. The molecular formula is C17H26N2O2S. The fourth-order valence-corrected chi connectivity index (χ4v) is 5.15. The molecule has 1 aliphatic carbocycles. The van der Waals surface area contributed by atoms with Crippen molar-refractivity contribution in [3.05, 3.63) is 35.4 Å². The van der Waals surface area contributed by atoms with Gasteiger partial charge in [0.1, 0.15) is 0 Å². The number of likely N-dealkylation sites (tertiary alicyclic amines) is 1. The third-order valence-electron chi connectivity index (χ3n) is 4.91. The van der Waals surface area contributed by atoms with Crippen LogP contribution in [0.25, 0.3) is 0 Å². The van der Waals surface area contributed by atoms with Gasteiger partial charge < -0.3 is 0 Å². The maximum Gasteiger partial charge on any atom is 0.216 e. The Morgan fingerprint density at radius 2 is 1.86 bits per heavy atom. The van der Waals surface area contributed by atoms with Gasteiger partial charge in [-0.15, -0.1) is 0 Å². The molecule has 0 N–H and O–H groups in total. The SMILES string of the molecule is Cc1cccc(CN2CCC(N(C)S(=O)(=O)C3CC3)CC2)c1. The van der Waals surface area contributed by atoms with E-state index in [-0.39, 0.29) is 11.3 Å². The van der Waals surface area contributed by atoms with Gasteiger partial charge in [0.2, 0.25) is 10.0 Å². The Balaban J connectivity index is 1.54. The minimum absolute atomic E-state index is 0.0946. The molecule has 1 saturated carbocycles. The summed E-state index contributed by atoms with van der Waals surface area (Å²) in [6, 6.07) is 8.80. The van der Waals surface area contributed by atoms with Crippen LogP contribution in [0.1, 0.15) is 36.8 Å². The van der Waals surface area contributed by atoms with Crippen LogP contribution in [0.15, 0.2) is 24.3 Å². The van der Waals surface area contributed by atoms with Gasteiger partial charge in [0, 0.05) is 32.7 Å². The number of benzene rings is 1. The van der Waals surface area contributed by atoms with Gasteiger partial charge in [-0.3, -0.25) is 4.90 Å². The Labute approximate surface area is 134 Å². The summed E-state index contributed by atoms with van der Waals surface area (Å²) in [6.07, 6.45) is 3.57. The second-order valence-electron chi connectivity index (χ2n) is 6.76. The predicted molar refractivity (Wildman–Crippen MR) is 89.2 cm³/mol. The summed E-state index contributed by atoms with van der Waals surface area (Å²) in [5.41, 5.74) is 2.64. The first kappa shape index (κ1) is 16.0. The lowest BCUT2D eigenvalue weighted by molar-refractivity contribution is 0.164. The lowest BCUT2D eigenvalue weighted by Crippen LogP contribution is -2.46. The van der Waals surface area contributed by atoms with E-state index in [0.29, 0.717) is 0 Å². The summed E-state index contributed by atoms with van der Waals surface area (Å²) in [7, 11) is -1.26. The lowest BCUT2D eigenvalue weighted by atomic mass is 10.0. The highest BCUT2D eigenvalue weighted by atomic mass is 32.2. The fourth-order valence-electron chi connectivity index (χ4n) is 3.32. The molecule has 22 heavy (non-hydrogen) atoms. The van der Waals surface area contributed by atoms with Crippen LogP contribution in [-0.4, -0.2) is 49.1 Å². The standard InChI is InChI=1S/C17H26N2O2S/c1-14-4-3-5-15(12-14)13-19-10-8-16(9-11-19)18(2)22(20,21)17-6-7-17/h3-5,12,16-17H,6-11,13H2,1-2H3. The largest absolute Gasteiger partial charge is 0.299 e. The molecule has 1 aliphatic heterocycles. The number of sulfonamides is 1. The maximum atomic E-state index is 12.3. The number of hydrogen-bond donors (Lipinski definition) is 0. The monoisotopic (exact) mass is 322 g/mol. The van der Waals surface area contributed by atoms with Gasteiger partial charge >= 0.3 is 0 Å². The molecule has 122 valence electrons. The zero-order valence-electron chi connectivity index (χ0n) is 13.5.